The molecule has 0 N–H and O–H groups in total. The van der Waals surface area contributed by atoms with Crippen molar-refractivity contribution in [2.45, 2.75) is 56.4 Å². The Morgan fingerprint density at radius 1 is 0.526 bits per heavy atom. The fraction of sp³-hybridized carbons (Fsp3) is 0.170. The third kappa shape index (κ3) is 5.34. The Morgan fingerprint density at radius 3 is 1.81 bits per heavy atom. The molecule has 4 heteroatoms. The van der Waals surface area contributed by atoms with Crippen LogP contribution >= 0.6 is 0 Å². The van der Waals surface area contributed by atoms with E-state index in [0.29, 0.717) is 17.9 Å². The van der Waals surface area contributed by atoms with Gasteiger partial charge in [-0.1, -0.05) is 152 Å². The number of hydrogen-bond donors (Lipinski definition) is 0. The Bertz CT molecular complexity index is 2580. The molecule has 2 heterocycles. The van der Waals surface area contributed by atoms with Gasteiger partial charge < -0.3 is 14.7 Å². The highest BCUT2D eigenvalue weighted by atomic mass is 15.2. The van der Waals surface area contributed by atoms with E-state index in [1.807, 2.05) is 0 Å². The van der Waals surface area contributed by atoms with Crippen molar-refractivity contribution in [3.63, 3.8) is 0 Å². The van der Waals surface area contributed by atoms with Crippen LogP contribution < -0.4 is 20.2 Å². The summed E-state index contributed by atoms with van der Waals surface area (Å²) >= 11 is 0. The predicted octanol–water partition coefficient (Wildman–Crippen LogP) is 12.7. The molecule has 7 aromatic carbocycles. The standard InChI is InChI=1S/C53H46BN3/c1-53(2)45-30-16-15-29-44(45)51-52(53)54-46-34-33-43(55(39-22-9-4-10-23-39)40-24-11-5-12-25-40)36-49(46)56(41-26-13-6-14-27-41)47-31-18-32-48(50(47)54)57(51)42-28-17-21-38(35-42)37-19-7-3-8-20-37/h3-17,19-30,33-36,47-48,50H,18,31-32H2,1-2H3. The van der Waals surface area contributed by atoms with Crippen molar-refractivity contribution >= 4 is 52.0 Å². The van der Waals surface area contributed by atoms with E-state index in [0.717, 1.165) is 17.8 Å². The number of rotatable bonds is 6. The number of nitrogens with zero attached hydrogens (tertiary/aromatic N) is 3. The van der Waals surface area contributed by atoms with Crippen LogP contribution in [0.15, 0.2) is 194 Å². The molecular weight excluding hydrogens is 689 g/mol. The van der Waals surface area contributed by atoms with Crippen molar-refractivity contribution in [3.8, 4) is 11.1 Å². The van der Waals surface area contributed by atoms with Crippen molar-refractivity contribution in [1.29, 1.82) is 0 Å². The molecule has 0 saturated heterocycles. The van der Waals surface area contributed by atoms with Gasteiger partial charge in [-0.15, -0.1) is 0 Å². The molecule has 0 radical (unpaired) electrons. The summed E-state index contributed by atoms with van der Waals surface area (Å²) in [5.74, 6) is 0.393. The number of anilines is 6. The average molecular weight is 736 g/mol. The number of para-hydroxylation sites is 3. The lowest BCUT2D eigenvalue weighted by atomic mass is 9.24. The number of benzene rings is 7. The van der Waals surface area contributed by atoms with E-state index >= 15 is 0 Å². The van der Waals surface area contributed by atoms with E-state index in [1.165, 1.54) is 69.0 Å². The summed E-state index contributed by atoms with van der Waals surface area (Å²) in [5.41, 5.74) is 17.1. The normalized spacial score (nSPS) is 20.0. The molecule has 0 aromatic heterocycles. The van der Waals surface area contributed by atoms with Gasteiger partial charge >= 0.3 is 0 Å². The molecule has 2 aliphatic heterocycles. The molecule has 3 nitrogen and oxygen atoms in total. The van der Waals surface area contributed by atoms with Gasteiger partial charge in [-0.3, -0.25) is 0 Å². The zero-order valence-electron chi connectivity index (χ0n) is 32.7. The van der Waals surface area contributed by atoms with E-state index in [2.05, 4.69) is 217 Å². The molecule has 2 aliphatic carbocycles. The Balaban J connectivity index is 1.17. The Morgan fingerprint density at radius 2 is 1.11 bits per heavy atom. The molecule has 7 aromatic rings. The summed E-state index contributed by atoms with van der Waals surface area (Å²) < 4.78 is 0. The Hall–Kier alpha value is -6.26. The first kappa shape index (κ1) is 34.0. The Kier molecular flexibility index (Phi) is 8.03. The average Bonchev–Trinajstić information content (AvgIpc) is 3.51. The van der Waals surface area contributed by atoms with Crippen LogP contribution in [0.3, 0.4) is 0 Å². The first-order valence-corrected chi connectivity index (χ1v) is 20.8. The fourth-order valence-corrected chi connectivity index (χ4v) is 11.2. The maximum atomic E-state index is 2.82. The quantitative estimate of drug-likeness (QED) is 0.158. The van der Waals surface area contributed by atoms with Crippen molar-refractivity contribution in [1.82, 2.24) is 0 Å². The number of hydrogen-bond acceptors (Lipinski definition) is 3. The van der Waals surface area contributed by atoms with Crippen LogP contribution in [0.4, 0.5) is 34.1 Å². The monoisotopic (exact) mass is 735 g/mol. The van der Waals surface area contributed by atoms with E-state index in [9.17, 15) is 0 Å². The SMILES string of the molecule is CC1(C)C2=C(c3ccccc31)N(c1cccc(-c3ccccc3)c1)C1CCCC3C1B2c1ccc(N(c2ccccc2)c2ccccc2)cc1N3c1ccccc1. The zero-order chi connectivity index (χ0) is 38.1. The van der Waals surface area contributed by atoms with Gasteiger partial charge in [0.2, 0.25) is 6.71 Å². The zero-order valence-corrected chi connectivity index (χ0v) is 32.7. The fourth-order valence-electron chi connectivity index (χ4n) is 11.2. The first-order valence-electron chi connectivity index (χ1n) is 20.8. The van der Waals surface area contributed by atoms with Gasteiger partial charge in [0.15, 0.2) is 0 Å². The van der Waals surface area contributed by atoms with E-state index in [-0.39, 0.29) is 12.1 Å². The second-order valence-corrected chi connectivity index (χ2v) is 16.8. The summed E-state index contributed by atoms with van der Waals surface area (Å²) in [6, 6.07) is 70.5. The first-order chi connectivity index (χ1) is 28.1. The maximum absolute atomic E-state index is 2.82. The Labute approximate surface area is 337 Å². The van der Waals surface area contributed by atoms with Crippen LogP contribution in [0.5, 0.6) is 0 Å². The van der Waals surface area contributed by atoms with Gasteiger partial charge in [0, 0.05) is 62.9 Å². The third-order valence-electron chi connectivity index (χ3n) is 13.4. The smallest absolute Gasteiger partial charge is 0.218 e. The van der Waals surface area contributed by atoms with Crippen molar-refractivity contribution in [2.75, 3.05) is 14.7 Å². The van der Waals surface area contributed by atoms with E-state index in [1.54, 1.807) is 5.47 Å². The highest BCUT2D eigenvalue weighted by Gasteiger charge is 2.60. The largest absolute Gasteiger partial charge is 0.339 e. The minimum absolute atomic E-state index is 0.149. The molecule has 3 unspecified atom stereocenters. The van der Waals surface area contributed by atoms with Crippen LogP contribution in [0, 0.1) is 0 Å². The van der Waals surface area contributed by atoms with Crippen LogP contribution in [0.2, 0.25) is 5.82 Å². The number of fused-ring (bicyclic) bond motifs is 5. The second kappa shape index (κ2) is 13.4. The lowest BCUT2D eigenvalue weighted by Crippen LogP contribution is -2.65. The van der Waals surface area contributed by atoms with Crippen LogP contribution in [0.1, 0.15) is 44.2 Å². The van der Waals surface area contributed by atoms with Gasteiger partial charge in [0.05, 0.1) is 0 Å². The second-order valence-electron chi connectivity index (χ2n) is 16.8. The summed E-state index contributed by atoms with van der Waals surface area (Å²) in [4.78, 5) is 7.99. The predicted molar refractivity (Wildman–Crippen MR) is 241 cm³/mol. The van der Waals surface area contributed by atoms with Crippen LogP contribution in [-0.4, -0.2) is 18.8 Å². The third-order valence-corrected chi connectivity index (χ3v) is 13.4. The van der Waals surface area contributed by atoms with Gasteiger partial charge in [-0.2, -0.15) is 0 Å². The van der Waals surface area contributed by atoms with E-state index in [4.69, 9.17) is 0 Å². The van der Waals surface area contributed by atoms with Crippen LogP contribution in [0.25, 0.3) is 16.8 Å². The lowest BCUT2D eigenvalue weighted by molar-refractivity contribution is 0.375. The van der Waals surface area contributed by atoms with Gasteiger partial charge in [0.25, 0.3) is 0 Å². The minimum Gasteiger partial charge on any atom is -0.339 e. The highest BCUT2D eigenvalue weighted by molar-refractivity contribution is 6.85. The highest BCUT2D eigenvalue weighted by Crippen LogP contribution is 2.60. The summed E-state index contributed by atoms with van der Waals surface area (Å²) in [6.45, 7) is 5.27. The molecule has 0 bridgehead atoms. The molecule has 0 spiro atoms. The molecule has 0 amide bonds. The molecular formula is C53H46BN3. The molecule has 1 saturated carbocycles. The molecule has 3 atom stereocenters. The molecule has 57 heavy (non-hydrogen) atoms. The summed E-state index contributed by atoms with van der Waals surface area (Å²) in [6.07, 6.45) is 3.50. The molecule has 1 fully saturated rings. The number of allylic oxidation sites excluding steroid dienone is 1. The van der Waals surface area contributed by atoms with Crippen molar-refractivity contribution in [3.05, 3.63) is 205 Å². The van der Waals surface area contributed by atoms with Crippen molar-refractivity contribution in [2.24, 2.45) is 0 Å². The maximum Gasteiger partial charge on any atom is 0.218 e. The molecule has 11 rings (SSSR count). The minimum atomic E-state index is -0.149. The van der Waals surface area contributed by atoms with E-state index < -0.39 is 0 Å². The van der Waals surface area contributed by atoms with Gasteiger partial charge in [0.1, 0.15) is 0 Å². The van der Waals surface area contributed by atoms with Crippen LogP contribution in [-0.2, 0) is 5.41 Å². The van der Waals surface area contributed by atoms with Crippen molar-refractivity contribution < 1.29 is 0 Å². The molecule has 276 valence electrons. The van der Waals surface area contributed by atoms with Gasteiger partial charge in [-0.05, 0) is 102 Å². The summed E-state index contributed by atoms with van der Waals surface area (Å²) in [5, 5.41) is 0. The summed E-state index contributed by atoms with van der Waals surface area (Å²) in [7, 11) is 0. The topological polar surface area (TPSA) is 9.72 Å². The van der Waals surface area contributed by atoms with Gasteiger partial charge in [-0.25, -0.2) is 0 Å². The lowest BCUT2D eigenvalue weighted by Gasteiger charge is -2.58. The molecule has 4 aliphatic rings.